The van der Waals surface area contributed by atoms with Crippen molar-refractivity contribution in [2.24, 2.45) is 0 Å². The molecule has 2 aromatic carbocycles. The molecule has 2 aromatic rings. The fourth-order valence-corrected chi connectivity index (χ4v) is 2.56. The maximum atomic E-state index is 12.5. The Morgan fingerprint density at radius 1 is 1.00 bits per heavy atom. The highest BCUT2D eigenvalue weighted by Gasteiger charge is 2.33. The van der Waals surface area contributed by atoms with Gasteiger partial charge in [-0.3, -0.25) is 9.59 Å². The lowest BCUT2D eigenvalue weighted by Gasteiger charge is -2.33. The van der Waals surface area contributed by atoms with Crippen LogP contribution in [-0.2, 0) is 9.59 Å². The molecule has 1 heterocycles. The fourth-order valence-electron chi connectivity index (χ4n) is 2.56. The van der Waals surface area contributed by atoms with Crippen molar-refractivity contribution in [3.8, 4) is 0 Å². The number of carbonyl (C=O) groups is 2. The molecule has 110 valence electrons. The molecule has 0 unspecified atom stereocenters. The molecule has 0 saturated carbocycles. The molecule has 0 fully saturated rings. The monoisotopic (exact) mass is 292 g/mol. The summed E-state index contributed by atoms with van der Waals surface area (Å²) in [5, 5.41) is 2.89. The van der Waals surface area contributed by atoms with Crippen molar-refractivity contribution in [3.63, 3.8) is 0 Å². The lowest BCUT2D eigenvalue weighted by atomic mass is 10.0. The lowest BCUT2D eigenvalue weighted by molar-refractivity contribution is -0.136. The van der Waals surface area contributed by atoms with Crippen LogP contribution in [0.1, 0.15) is 24.1 Å². The maximum Gasteiger partial charge on any atom is 0.252 e. The first-order valence-electron chi connectivity index (χ1n) is 7.09. The first kappa shape index (κ1) is 14.1. The van der Waals surface area contributed by atoms with Crippen LogP contribution < -0.4 is 5.32 Å². The minimum absolute atomic E-state index is 0.169. The molecule has 1 N–H and O–H groups in total. The van der Waals surface area contributed by atoms with E-state index in [1.54, 1.807) is 6.20 Å². The van der Waals surface area contributed by atoms with Crippen LogP contribution in [0.3, 0.4) is 0 Å². The van der Waals surface area contributed by atoms with Crippen molar-refractivity contribution < 1.29 is 9.59 Å². The van der Waals surface area contributed by atoms with Crippen LogP contribution in [0.5, 0.6) is 0 Å². The van der Waals surface area contributed by atoms with E-state index < -0.39 is 6.04 Å². The Hall–Kier alpha value is -2.88. The molecule has 1 aliphatic rings. The molecule has 3 rings (SSSR count). The van der Waals surface area contributed by atoms with Crippen molar-refractivity contribution in [1.82, 2.24) is 10.2 Å². The summed E-state index contributed by atoms with van der Waals surface area (Å²) in [6.45, 7) is 1.47. The van der Waals surface area contributed by atoms with E-state index in [9.17, 15) is 9.59 Å². The average Bonchev–Trinajstić information content (AvgIpc) is 2.55. The minimum Gasteiger partial charge on any atom is -0.322 e. The van der Waals surface area contributed by atoms with E-state index in [-0.39, 0.29) is 11.8 Å². The largest absolute Gasteiger partial charge is 0.322 e. The highest BCUT2D eigenvalue weighted by molar-refractivity contribution is 5.97. The van der Waals surface area contributed by atoms with Crippen LogP contribution >= 0.6 is 0 Å². The van der Waals surface area contributed by atoms with Gasteiger partial charge in [-0.05, 0) is 11.1 Å². The Balaban J connectivity index is 2.03. The van der Waals surface area contributed by atoms with Gasteiger partial charge in [0, 0.05) is 13.1 Å². The van der Waals surface area contributed by atoms with Crippen LogP contribution in [-0.4, -0.2) is 16.7 Å². The average molecular weight is 292 g/mol. The Kier molecular flexibility index (Phi) is 3.74. The highest BCUT2D eigenvalue weighted by Crippen LogP contribution is 2.28. The molecule has 22 heavy (non-hydrogen) atoms. The standard InChI is InChI=1S/C18H16N2O2/c1-13(21)20-12-16(14-8-4-2-5-9-14)19-18(22)17(20)15-10-6-3-7-11-15/h2-12,17H,1H3,(H,19,22)/t17-/m0/s1. The summed E-state index contributed by atoms with van der Waals surface area (Å²) in [7, 11) is 0. The molecule has 0 bridgehead atoms. The van der Waals surface area contributed by atoms with Crippen molar-refractivity contribution in [2.75, 3.05) is 0 Å². The van der Waals surface area contributed by atoms with E-state index in [1.807, 2.05) is 60.7 Å². The minimum atomic E-state index is -0.633. The number of nitrogens with one attached hydrogen (secondary N) is 1. The van der Waals surface area contributed by atoms with Gasteiger partial charge in [0.05, 0.1) is 5.70 Å². The van der Waals surface area contributed by atoms with Crippen molar-refractivity contribution >= 4 is 17.5 Å². The number of carbonyl (C=O) groups excluding carboxylic acids is 2. The van der Waals surface area contributed by atoms with Crippen LogP contribution in [0.15, 0.2) is 66.9 Å². The molecule has 1 atom stereocenters. The zero-order valence-electron chi connectivity index (χ0n) is 12.2. The van der Waals surface area contributed by atoms with Crippen molar-refractivity contribution in [1.29, 1.82) is 0 Å². The van der Waals surface area contributed by atoms with Crippen molar-refractivity contribution in [2.45, 2.75) is 13.0 Å². The first-order valence-corrected chi connectivity index (χ1v) is 7.09. The molecular weight excluding hydrogens is 276 g/mol. The first-order chi connectivity index (χ1) is 10.7. The third kappa shape index (κ3) is 2.63. The summed E-state index contributed by atoms with van der Waals surface area (Å²) < 4.78 is 0. The van der Waals surface area contributed by atoms with E-state index in [2.05, 4.69) is 5.32 Å². The smallest absolute Gasteiger partial charge is 0.252 e. The summed E-state index contributed by atoms with van der Waals surface area (Å²) in [5.74, 6) is -0.375. The van der Waals surface area contributed by atoms with Crippen LogP contribution in [0.25, 0.3) is 5.70 Å². The second-order valence-corrected chi connectivity index (χ2v) is 5.14. The van der Waals surface area contributed by atoms with E-state index in [1.165, 1.54) is 11.8 Å². The van der Waals surface area contributed by atoms with E-state index in [0.29, 0.717) is 5.70 Å². The molecule has 0 spiro atoms. The number of amides is 2. The predicted molar refractivity (Wildman–Crippen MR) is 84.3 cm³/mol. The number of hydrogen-bond acceptors (Lipinski definition) is 2. The maximum absolute atomic E-state index is 12.5. The highest BCUT2D eigenvalue weighted by atomic mass is 16.2. The molecule has 0 aliphatic carbocycles. The molecule has 1 aliphatic heterocycles. The summed E-state index contributed by atoms with van der Waals surface area (Å²) in [5.41, 5.74) is 2.29. The summed E-state index contributed by atoms with van der Waals surface area (Å²) in [4.78, 5) is 26.0. The van der Waals surface area contributed by atoms with Gasteiger partial charge in [0.2, 0.25) is 5.91 Å². The van der Waals surface area contributed by atoms with E-state index in [0.717, 1.165) is 11.1 Å². The Labute approximate surface area is 129 Å². The lowest BCUT2D eigenvalue weighted by Crippen LogP contribution is -2.44. The van der Waals surface area contributed by atoms with Crippen LogP contribution in [0, 0.1) is 0 Å². The second kappa shape index (κ2) is 5.85. The summed E-state index contributed by atoms with van der Waals surface area (Å²) >= 11 is 0. The summed E-state index contributed by atoms with van der Waals surface area (Å²) in [6.07, 6.45) is 1.71. The quantitative estimate of drug-likeness (QED) is 0.925. The van der Waals surface area contributed by atoms with Gasteiger partial charge in [0.25, 0.3) is 5.91 Å². The van der Waals surface area contributed by atoms with Gasteiger partial charge in [-0.25, -0.2) is 0 Å². The van der Waals surface area contributed by atoms with Gasteiger partial charge in [0.1, 0.15) is 6.04 Å². The van der Waals surface area contributed by atoms with Gasteiger partial charge in [-0.1, -0.05) is 60.7 Å². The van der Waals surface area contributed by atoms with Gasteiger partial charge in [-0.2, -0.15) is 0 Å². The van der Waals surface area contributed by atoms with Gasteiger partial charge in [-0.15, -0.1) is 0 Å². The van der Waals surface area contributed by atoms with E-state index >= 15 is 0 Å². The third-order valence-electron chi connectivity index (χ3n) is 3.62. The van der Waals surface area contributed by atoms with Gasteiger partial charge >= 0.3 is 0 Å². The normalized spacial score (nSPS) is 17.7. The number of hydrogen-bond donors (Lipinski definition) is 1. The molecular formula is C18H16N2O2. The predicted octanol–water partition coefficient (Wildman–Crippen LogP) is 2.70. The second-order valence-electron chi connectivity index (χ2n) is 5.14. The molecule has 0 aromatic heterocycles. The van der Waals surface area contributed by atoms with Crippen LogP contribution in [0.2, 0.25) is 0 Å². The number of nitrogens with zero attached hydrogens (tertiary/aromatic N) is 1. The summed E-state index contributed by atoms with van der Waals surface area (Å²) in [6, 6.07) is 18.1. The topological polar surface area (TPSA) is 49.4 Å². The molecule has 4 heteroatoms. The van der Waals surface area contributed by atoms with Crippen molar-refractivity contribution in [3.05, 3.63) is 78.0 Å². The number of rotatable bonds is 2. The molecule has 0 radical (unpaired) electrons. The fraction of sp³-hybridized carbons (Fsp3) is 0.111. The molecule has 2 amide bonds. The van der Waals surface area contributed by atoms with Gasteiger partial charge < -0.3 is 10.2 Å². The Morgan fingerprint density at radius 3 is 2.18 bits per heavy atom. The Bertz CT molecular complexity index is 723. The van der Waals surface area contributed by atoms with Gasteiger partial charge in [0.15, 0.2) is 0 Å². The zero-order chi connectivity index (χ0) is 15.5. The molecule has 4 nitrogen and oxygen atoms in total. The SMILES string of the molecule is CC(=O)N1C=C(c2ccccc2)NC(=O)[C@@H]1c1ccccc1. The zero-order valence-corrected chi connectivity index (χ0v) is 12.2. The van der Waals surface area contributed by atoms with Crippen LogP contribution in [0.4, 0.5) is 0 Å². The van der Waals surface area contributed by atoms with E-state index in [4.69, 9.17) is 0 Å². The third-order valence-corrected chi connectivity index (χ3v) is 3.62. The Morgan fingerprint density at radius 2 is 1.59 bits per heavy atom. The number of benzene rings is 2. The molecule has 0 saturated heterocycles.